The molecular formula is C13H22N2O. The topological polar surface area (TPSA) is 36.4 Å². The first-order valence-corrected chi connectivity index (χ1v) is 5.94. The van der Waals surface area contributed by atoms with E-state index in [0.717, 1.165) is 38.0 Å². The normalized spacial score (nSPS) is 11.0. The predicted octanol–water partition coefficient (Wildman–Crippen LogP) is 1.98. The molecule has 0 fully saturated rings. The van der Waals surface area contributed by atoms with Crippen molar-refractivity contribution in [1.29, 1.82) is 0 Å². The Balaban J connectivity index is 2.28. The van der Waals surface area contributed by atoms with Crippen LogP contribution in [0.4, 0.5) is 0 Å². The Morgan fingerprint density at radius 2 is 2.12 bits per heavy atom. The van der Waals surface area contributed by atoms with Crippen molar-refractivity contribution in [3.05, 3.63) is 29.6 Å². The van der Waals surface area contributed by atoms with E-state index in [-0.39, 0.29) is 0 Å². The molecule has 0 radical (unpaired) electrons. The van der Waals surface area contributed by atoms with Gasteiger partial charge in [0.1, 0.15) is 0 Å². The Morgan fingerprint density at radius 3 is 2.81 bits per heavy atom. The fourth-order valence-corrected chi connectivity index (χ4v) is 1.69. The van der Waals surface area contributed by atoms with Gasteiger partial charge in [0.05, 0.1) is 5.69 Å². The lowest BCUT2D eigenvalue weighted by molar-refractivity contribution is 0.270. The molecular weight excluding hydrogens is 200 g/mol. The summed E-state index contributed by atoms with van der Waals surface area (Å²) in [7, 11) is 2.12. The van der Waals surface area contributed by atoms with Crippen LogP contribution >= 0.6 is 0 Å². The summed E-state index contributed by atoms with van der Waals surface area (Å²) in [5.41, 5.74) is 2.41. The second kappa shape index (κ2) is 7.36. The van der Waals surface area contributed by atoms with Crippen LogP contribution in [-0.4, -0.2) is 35.2 Å². The van der Waals surface area contributed by atoms with E-state index < -0.39 is 0 Å². The maximum absolute atomic E-state index is 8.68. The van der Waals surface area contributed by atoms with Gasteiger partial charge in [0.15, 0.2) is 0 Å². The van der Waals surface area contributed by atoms with Gasteiger partial charge in [-0.25, -0.2) is 0 Å². The molecule has 0 atom stereocenters. The second-order valence-corrected chi connectivity index (χ2v) is 4.29. The Hall–Kier alpha value is -0.930. The third kappa shape index (κ3) is 4.73. The minimum atomic E-state index is 0.309. The van der Waals surface area contributed by atoms with Crippen molar-refractivity contribution in [3.63, 3.8) is 0 Å². The molecule has 90 valence electrons. The third-order valence-corrected chi connectivity index (χ3v) is 2.74. The molecule has 0 aliphatic carbocycles. The van der Waals surface area contributed by atoms with E-state index in [1.54, 1.807) is 0 Å². The number of aliphatic hydroxyl groups excluding tert-OH is 1. The van der Waals surface area contributed by atoms with Crippen molar-refractivity contribution in [2.75, 3.05) is 20.2 Å². The van der Waals surface area contributed by atoms with E-state index in [0.29, 0.717) is 6.61 Å². The summed E-state index contributed by atoms with van der Waals surface area (Å²) in [6.45, 7) is 4.38. The van der Waals surface area contributed by atoms with Gasteiger partial charge in [0.25, 0.3) is 0 Å². The number of unbranched alkanes of at least 4 members (excludes halogenated alkanes) is 2. The average Bonchev–Trinajstić information content (AvgIpc) is 2.28. The Kier molecular flexibility index (Phi) is 6.04. The van der Waals surface area contributed by atoms with Gasteiger partial charge in [-0.1, -0.05) is 6.07 Å². The van der Waals surface area contributed by atoms with Crippen LogP contribution in [0.25, 0.3) is 0 Å². The number of aliphatic hydroxyl groups is 1. The molecule has 0 unspecified atom stereocenters. The van der Waals surface area contributed by atoms with E-state index in [4.69, 9.17) is 5.11 Å². The Morgan fingerprint density at radius 1 is 1.31 bits per heavy atom. The molecule has 0 aliphatic rings. The molecule has 1 aromatic heterocycles. The molecule has 0 amide bonds. The van der Waals surface area contributed by atoms with Crippen LogP contribution in [0, 0.1) is 6.92 Å². The van der Waals surface area contributed by atoms with Crippen LogP contribution in [0.2, 0.25) is 0 Å². The number of aromatic nitrogens is 1. The molecule has 1 N–H and O–H groups in total. The highest BCUT2D eigenvalue weighted by molar-refractivity contribution is 5.17. The van der Waals surface area contributed by atoms with E-state index in [1.165, 1.54) is 5.56 Å². The first-order valence-electron chi connectivity index (χ1n) is 5.94. The van der Waals surface area contributed by atoms with Gasteiger partial charge in [-0.15, -0.1) is 0 Å². The number of aryl methyl sites for hydroxylation is 1. The van der Waals surface area contributed by atoms with Crippen LogP contribution in [0.1, 0.15) is 30.5 Å². The monoisotopic (exact) mass is 222 g/mol. The molecule has 1 aromatic rings. The van der Waals surface area contributed by atoms with E-state index in [9.17, 15) is 0 Å². The first-order chi connectivity index (χ1) is 7.74. The highest BCUT2D eigenvalue weighted by atomic mass is 16.2. The number of nitrogens with zero attached hydrogens (tertiary/aromatic N) is 2. The summed E-state index contributed by atoms with van der Waals surface area (Å²) in [4.78, 5) is 6.67. The Labute approximate surface area is 98.1 Å². The van der Waals surface area contributed by atoms with Crippen molar-refractivity contribution in [2.45, 2.75) is 32.7 Å². The fourth-order valence-electron chi connectivity index (χ4n) is 1.69. The van der Waals surface area contributed by atoms with Crippen LogP contribution in [-0.2, 0) is 6.54 Å². The zero-order chi connectivity index (χ0) is 11.8. The van der Waals surface area contributed by atoms with E-state index >= 15 is 0 Å². The maximum atomic E-state index is 8.68. The zero-order valence-electron chi connectivity index (χ0n) is 10.3. The van der Waals surface area contributed by atoms with Crippen LogP contribution < -0.4 is 0 Å². The summed E-state index contributed by atoms with van der Waals surface area (Å²) in [5.74, 6) is 0. The predicted molar refractivity (Wildman–Crippen MR) is 66.2 cm³/mol. The maximum Gasteiger partial charge on any atom is 0.0572 e. The minimum Gasteiger partial charge on any atom is -0.396 e. The molecule has 3 nitrogen and oxygen atoms in total. The lowest BCUT2D eigenvalue weighted by Crippen LogP contribution is -2.20. The standard InChI is InChI=1S/C13H22N2O/c1-12-7-6-8-14-13(12)11-15(2)9-4-3-5-10-16/h6-8,16H,3-5,9-11H2,1-2H3. The SMILES string of the molecule is Cc1cccnc1CN(C)CCCCCO. The third-order valence-electron chi connectivity index (χ3n) is 2.74. The van der Waals surface area contributed by atoms with Gasteiger partial charge in [-0.3, -0.25) is 4.98 Å². The molecule has 0 aliphatic heterocycles. The van der Waals surface area contributed by atoms with Gasteiger partial charge in [-0.05, 0) is 51.4 Å². The minimum absolute atomic E-state index is 0.309. The lowest BCUT2D eigenvalue weighted by Gasteiger charge is -2.16. The highest BCUT2D eigenvalue weighted by Crippen LogP contribution is 2.07. The molecule has 1 rings (SSSR count). The van der Waals surface area contributed by atoms with Crippen molar-refractivity contribution in [1.82, 2.24) is 9.88 Å². The number of pyridine rings is 1. The van der Waals surface area contributed by atoms with E-state index in [2.05, 4.69) is 29.9 Å². The molecule has 0 bridgehead atoms. The van der Waals surface area contributed by atoms with Gasteiger partial charge in [0.2, 0.25) is 0 Å². The van der Waals surface area contributed by atoms with Crippen LogP contribution in [0.5, 0.6) is 0 Å². The van der Waals surface area contributed by atoms with Crippen molar-refractivity contribution in [3.8, 4) is 0 Å². The number of hydrogen-bond donors (Lipinski definition) is 1. The molecule has 0 saturated heterocycles. The average molecular weight is 222 g/mol. The van der Waals surface area contributed by atoms with Crippen molar-refractivity contribution >= 4 is 0 Å². The summed E-state index contributed by atoms with van der Waals surface area (Å²) in [6.07, 6.45) is 5.00. The largest absolute Gasteiger partial charge is 0.396 e. The van der Waals surface area contributed by atoms with Gasteiger partial charge in [-0.2, -0.15) is 0 Å². The quantitative estimate of drug-likeness (QED) is 0.717. The summed E-state index contributed by atoms with van der Waals surface area (Å²) < 4.78 is 0. The fraction of sp³-hybridized carbons (Fsp3) is 0.615. The highest BCUT2D eigenvalue weighted by Gasteiger charge is 2.03. The summed E-state index contributed by atoms with van der Waals surface area (Å²) in [5, 5.41) is 8.68. The van der Waals surface area contributed by atoms with E-state index in [1.807, 2.05) is 12.3 Å². The first kappa shape index (κ1) is 13.1. The molecule has 1 heterocycles. The molecule has 0 saturated carbocycles. The number of hydrogen-bond acceptors (Lipinski definition) is 3. The Bertz CT molecular complexity index is 302. The lowest BCUT2D eigenvalue weighted by atomic mass is 10.2. The zero-order valence-corrected chi connectivity index (χ0v) is 10.3. The number of rotatable bonds is 7. The molecule has 0 aromatic carbocycles. The summed E-state index contributed by atoms with van der Waals surface area (Å²) in [6, 6.07) is 4.07. The van der Waals surface area contributed by atoms with Crippen molar-refractivity contribution in [2.24, 2.45) is 0 Å². The van der Waals surface area contributed by atoms with Gasteiger partial charge < -0.3 is 10.0 Å². The van der Waals surface area contributed by atoms with Gasteiger partial charge in [0, 0.05) is 19.3 Å². The molecule has 16 heavy (non-hydrogen) atoms. The smallest absolute Gasteiger partial charge is 0.0572 e. The van der Waals surface area contributed by atoms with Crippen LogP contribution in [0.15, 0.2) is 18.3 Å². The van der Waals surface area contributed by atoms with Crippen molar-refractivity contribution < 1.29 is 5.11 Å². The second-order valence-electron chi connectivity index (χ2n) is 4.29. The molecule has 3 heteroatoms. The molecule has 0 spiro atoms. The summed E-state index contributed by atoms with van der Waals surface area (Å²) >= 11 is 0. The van der Waals surface area contributed by atoms with Gasteiger partial charge >= 0.3 is 0 Å². The van der Waals surface area contributed by atoms with Crippen LogP contribution in [0.3, 0.4) is 0 Å².